The standard InChI is InChI=1S/C35H32IN7O8/c1-14-13-38-26-21(44)12-22-36(23(14)26)6-9-41(22)33(47)19-10-17-15-4-7-42(27(15)29(45)31(50-2)24(17)39-19)34(48)20-11-18-16-5-8-43(35(37)49)28(16)30(46)32(51-3)25(18)40-20/h10-13,38-40,45-46H,4-9H2,1-3H3,(H2,37,49). The molecule has 3 aromatic heterocycles. The Kier molecular flexibility index (Phi) is 6.71. The Morgan fingerprint density at radius 1 is 0.843 bits per heavy atom. The number of aromatic hydroxyl groups is 2. The van der Waals surface area contributed by atoms with Crippen LogP contribution in [-0.2, 0) is 12.8 Å². The van der Waals surface area contributed by atoms with Gasteiger partial charge < -0.3 is 15.6 Å². The zero-order chi connectivity index (χ0) is 35.6. The number of hydrogen-bond donors (Lipinski definition) is 6. The number of aromatic amines is 3. The molecule has 7 N–H and O–H groups in total. The van der Waals surface area contributed by atoms with E-state index in [1.165, 1.54) is 24.0 Å². The van der Waals surface area contributed by atoms with Gasteiger partial charge in [0.15, 0.2) is 11.5 Å². The Labute approximate surface area is 296 Å². The molecule has 0 atom stereocenters. The summed E-state index contributed by atoms with van der Waals surface area (Å²) >= 11 is -1.98. The van der Waals surface area contributed by atoms with Crippen LogP contribution in [0.1, 0.15) is 48.2 Å². The maximum absolute atomic E-state index is 14.2. The molecule has 2 aromatic carbocycles. The van der Waals surface area contributed by atoms with Gasteiger partial charge in [-0.1, -0.05) is 0 Å². The van der Waals surface area contributed by atoms with Gasteiger partial charge in [0, 0.05) is 11.9 Å². The number of amides is 4. The van der Waals surface area contributed by atoms with Crippen LogP contribution >= 0.6 is 19.8 Å². The van der Waals surface area contributed by atoms with Gasteiger partial charge in [0.2, 0.25) is 0 Å². The molecule has 0 unspecified atom stereocenters. The van der Waals surface area contributed by atoms with Crippen molar-refractivity contribution >= 4 is 76.6 Å². The van der Waals surface area contributed by atoms with Gasteiger partial charge in [-0.05, 0) is 12.0 Å². The van der Waals surface area contributed by atoms with Crippen LogP contribution in [0.25, 0.3) is 21.8 Å². The summed E-state index contributed by atoms with van der Waals surface area (Å²) in [5.74, 6) is -1.20. The first kappa shape index (κ1) is 31.3. The number of benzene rings is 2. The van der Waals surface area contributed by atoms with E-state index in [1.54, 1.807) is 23.1 Å². The van der Waals surface area contributed by atoms with Crippen molar-refractivity contribution in [2.45, 2.75) is 19.8 Å². The predicted molar refractivity (Wildman–Crippen MR) is 196 cm³/mol. The molecule has 9 rings (SSSR count). The monoisotopic (exact) mass is 805 g/mol. The van der Waals surface area contributed by atoms with Gasteiger partial charge in [0.05, 0.1) is 18.3 Å². The number of H-pyrrole nitrogens is 3. The number of methoxy groups -OCH3 is 2. The molecule has 0 saturated carbocycles. The minimum atomic E-state index is -1.98. The van der Waals surface area contributed by atoms with E-state index < -0.39 is 31.8 Å². The molecule has 4 aliphatic rings. The first-order valence-electron chi connectivity index (χ1n) is 16.2. The van der Waals surface area contributed by atoms with E-state index in [4.69, 9.17) is 15.2 Å². The number of nitrogens with one attached hydrogen (secondary N) is 3. The molecule has 7 heterocycles. The Balaban J connectivity index is 1.09. The number of alkyl halides is 1. The van der Waals surface area contributed by atoms with E-state index in [1.807, 2.05) is 13.1 Å². The molecule has 51 heavy (non-hydrogen) atoms. The Hall–Kier alpha value is -5.65. The van der Waals surface area contributed by atoms with Crippen molar-refractivity contribution in [2.75, 3.05) is 48.1 Å². The third kappa shape index (κ3) is 4.16. The first-order valence-corrected chi connectivity index (χ1v) is 19.9. The van der Waals surface area contributed by atoms with Crippen LogP contribution in [0.3, 0.4) is 0 Å². The third-order valence-electron chi connectivity index (χ3n) is 10.2. The topological polar surface area (TPSA) is 210 Å². The molecule has 5 aromatic rings. The fourth-order valence-corrected chi connectivity index (χ4v) is 14.7. The van der Waals surface area contributed by atoms with Crippen LogP contribution in [0.2, 0.25) is 0 Å². The van der Waals surface area contributed by atoms with E-state index in [0.717, 1.165) is 17.3 Å². The van der Waals surface area contributed by atoms with Gasteiger partial charge in [0.1, 0.15) is 0 Å². The summed E-state index contributed by atoms with van der Waals surface area (Å²) in [5.41, 5.74) is 10.4. The van der Waals surface area contributed by atoms with Crippen molar-refractivity contribution in [1.29, 1.82) is 0 Å². The van der Waals surface area contributed by atoms with Crippen LogP contribution in [0, 0.1) is 10.5 Å². The number of urea groups is 1. The van der Waals surface area contributed by atoms with Crippen molar-refractivity contribution < 1.29 is 38.9 Å². The molecular weight excluding hydrogens is 773 g/mol. The second kappa shape index (κ2) is 10.9. The van der Waals surface area contributed by atoms with E-state index in [9.17, 15) is 29.4 Å². The number of nitrogens with zero attached hydrogens (tertiary/aromatic N) is 3. The van der Waals surface area contributed by atoms with Crippen molar-refractivity contribution in [2.24, 2.45) is 5.73 Å². The number of aromatic nitrogens is 3. The number of allylic oxidation sites excluding steroid dienone is 1. The number of phenolic OH excluding ortho intramolecular Hbond substituents is 2. The second-order valence-corrected chi connectivity index (χ2v) is 18.1. The maximum atomic E-state index is 14.2. The average Bonchev–Trinajstić information content (AvgIpc) is 3.95. The van der Waals surface area contributed by atoms with Gasteiger partial charge in [-0.15, -0.1) is 0 Å². The van der Waals surface area contributed by atoms with Crippen LogP contribution in [-0.4, -0.2) is 92.0 Å². The van der Waals surface area contributed by atoms with Crippen LogP contribution < -0.4 is 25.0 Å². The second-order valence-electron chi connectivity index (χ2n) is 12.8. The van der Waals surface area contributed by atoms with E-state index in [0.29, 0.717) is 58.0 Å². The van der Waals surface area contributed by atoms with Gasteiger partial charge >= 0.3 is 218 Å². The minimum absolute atomic E-state index is 0.0675. The molecule has 4 aliphatic heterocycles. The molecule has 16 heteroatoms. The summed E-state index contributed by atoms with van der Waals surface area (Å²) in [5, 5.41) is 23.9. The molecule has 262 valence electrons. The SMILES string of the molecule is COc1c(O)c2c(c3cc(C(=O)N4CCc5c4c(O)c(OC)c4[nH]c(C(=O)N6CCI7C6=CC(=O)c6[nH]cc(C)c67)cc54)[nH]c13)CCN2C(N)=O. The molecular formula is C35H32IN7O8. The predicted octanol–water partition coefficient (Wildman–Crippen LogP) is 4.23. The number of ether oxygens (including phenoxy) is 2. The van der Waals surface area contributed by atoms with Crippen LogP contribution in [0.15, 0.2) is 28.1 Å². The number of phenols is 2. The zero-order valence-corrected chi connectivity index (χ0v) is 29.9. The number of rotatable bonds is 4. The fourth-order valence-electron chi connectivity index (χ4n) is 8.02. The quantitative estimate of drug-likeness (QED) is 0.0878. The number of halogens is 1. The van der Waals surface area contributed by atoms with Crippen LogP contribution in [0.4, 0.5) is 16.2 Å². The molecule has 0 radical (unpaired) electrons. The Morgan fingerprint density at radius 3 is 1.96 bits per heavy atom. The van der Waals surface area contributed by atoms with Crippen molar-refractivity contribution in [3.8, 4) is 23.0 Å². The van der Waals surface area contributed by atoms with Gasteiger partial charge in [-0.2, -0.15) is 0 Å². The number of primary amides is 1. The van der Waals surface area contributed by atoms with Crippen molar-refractivity contribution in [3.05, 3.63) is 65.5 Å². The summed E-state index contributed by atoms with van der Waals surface area (Å²) in [4.78, 5) is 67.2. The number of carbonyl (C=O) groups is 4. The average molecular weight is 806 g/mol. The fraction of sp³-hybridized carbons (Fsp3) is 0.257. The number of aryl methyl sites for hydroxylation is 1. The number of hydrogen-bond acceptors (Lipinski definition) is 8. The molecule has 0 spiro atoms. The number of nitrogens with two attached hydrogens (primary N) is 1. The number of anilines is 2. The van der Waals surface area contributed by atoms with Crippen molar-refractivity contribution in [3.63, 3.8) is 0 Å². The summed E-state index contributed by atoms with van der Waals surface area (Å²) in [7, 11) is 2.78. The number of fused-ring (bicyclic) bond motifs is 9. The third-order valence-corrected chi connectivity index (χ3v) is 16.7. The first-order chi connectivity index (χ1) is 24.5. The molecule has 1 saturated heterocycles. The molecule has 0 bridgehead atoms. The van der Waals surface area contributed by atoms with Crippen molar-refractivity contribution in [1.82, 2.24) is 19.9 Å². The minimum Gasteiger partial charge on any atom is -0.351 e. The Morgan fingerprint density at radius 2 is 1.39 bits per heavy atom. The summed E-state index contributed by atoms with van der Waals surface area (Å²) < 4.78 is 13.9. The summed E-state index contributed by atoms with van der Waals surface area (Å²) in [6.07, 6.45) is 4.27. The normalized spacial score (nSPS) is 16.8. The summed E-state index contributed by atoms with van der Waals surface area (Å²) in [6, 6.07) is 2.66. The molecule has 4 amide bonds. The molecule has 15 nitrogen and oxygen atoms in total. The Bertz CT molecular complexity index is 2470. The zero-order valence-electron chi connectivity index (χ0n) is 27.7. The van der Waals surface area contributed by atoms with E-state index in [-0.39, 0.29) is 70.5 Å². The van der Waals surface area contributed by atoms with Gasteiger partial charge in [0.25, 0.3) is 0 Å². The molecule has 0 aliphatic carbocycles. The van der Waals surface area contributed by atoms with E-state index in [2.05, 4.69) is 15.0 Å². The number of carbonyl (C=O) groups excluding carboxylic acids is 4. The smallest absolute Gasteiger partial charge is 0.351 e. The number of ketones is 1. The van der Waals surface area contributed by atoms with E-state index >= 15 is 0 Å². The van der Waals surface area contributed by atoms with Gasteiger partial charge in [-0.25, -0.2) is 4.79 Å². The van der Waals surface area contributed by atoms with Gasteiger partial charge in [-0.3, -0.25) is 4.90 Å². The molecule has 1 fully saturated rings. The van der Waals surface area contributed by atoms with Crippen LogP contribution in [0.5, 0.6) is 23.0 Å². The summed E-state index contributed by atoms with van der Waals surface area (Å²) in [6.45, 7) is 2.99.